The molecular formula is C29H34Cl2N6O3. The van der Waals surface area contributed by atoms with Gasteiger partial charge >= 0.3 is 6.09 Å². The van der Waals surface area contributed by atoms with E-state index < -0.39 is 0 Å². The van der Waals surface area contributed by atoms with Crippen LogP contribution in [0.2, 0.25) is 10.0 Å². The molecule has 11 heteroatoms. The van der Waals surface area contributed by atoms with E-state index in [1.54, 1.807) is 25.5 Å². The number of rotatable bonds is 8. The summed E-state index contributed by atoms with van der Waals surface area (Å²) >= 11 is 12.6. The molecule has 0 bridgehead atoms. The van der Waals surface area contributed by atoms with Gasteiger partial charge < -0.3 is 19.7 Å². The molecule has 212 valence electrons. The van der Waals surface area contributed by atoms with Crippen LogP contribution in [0.4, 0.5) is 10.7 Å². The molecule has 2 aromatic heterocycles. The maximum absolute atomic E-state index is 11.4. The highest BCUT2D eigenvalue weighted by Crippen LogP contribution is 2.31. The van der Waals surface area contributed by atoms with E-state index in [-0.39, 0.29) is 6.09 Å². The van der Waals surface area contributed by atoms with Crippen LogP contribution in [0.15, 0.2) is 42.7 Å². The van der Waals surface area contributed by atoms with E-state index >= 15 is 0 Å². The Labute approximate surface area is 244 Å². The first-order valence-electron chi connectivity index (χ1n) is 13.7. The Balaban J connectivity index is 1.31. The van der Waals surface area contributed by atoms with Crippen molar-refractivity contribution in [2.75, 3.05) is 44.7 Å². The summed E-state index contributed by atoms with van der Waals surface area (Å²) in [5.74, 6) is 2.07. The Morgan fingerprint density at radius 3 is 2.35 bits per heavy atom. The summed E-state index contributed by atoms with van der Waals surface area (Å²) in [6, 6.07) is 9.39. The summed E-state index contributed by atoms with van der Waals surface area (Å²) in [5, 5.41) is 3.58. The largest absolute Gasteiger partial charge is 0.449 e. The third-order valence-corrected chi connectivity index (χ3v) is 7.70. The first kappa shape index (κ1) is 28.4. The van der Waals surface area contributed by atoms with Crippen molar-refractivity contribution in [1.82, 2.24) is 25.2 Å². The van der Waals surface area contributed by atoms with Crippen LogP contribution in [0.25, 0.3) is 11.3 Å². The van der Waals surface area contributed by atoms with Crippen molar-refractivity contribution in [3.8, 4) is 22.9 Å². The van der Waals surface area contributed by atoms with Crippen LogP contribution < -0.4 is 15.0 Å². The quantitative estimate of drug-likeness (QED) is 0.334. The lowest BCUT2D eigenvalue weighted by atomic mass is 9.97. The molecule has 5 rings (SSSR count). The number of anilines is 1. The van der Waals surface area contributed by atoms with Crippen molar-refractivity contribution in [3.63, 3.8) is 0 Å². The summed E-state index contributed by atoms with van der Waals surface area (Å²) in [6.45, 7) is 4.95. The fourth-order valence-electron chi connectivity index (χ4n) is 5.13. The number of carbonyl (C=O) groups is 1. The average molecular weight is 586 g/mol. The topological polar surface area (TPSA) is 92.7 Å². The average Bonchev–Trinajstić information content (AvgIpc) is 2.97. The SMILES string of the molecule is CNC(=O)OCC1CCN(Cc2cc(Oc3cnc(N4CCCCC4)nc3)nc(-c3cc(Cl)cc(Cl)c3)c2)CC1. The molecule has 2 aliphatic rings. The molecule has 2 saturated heterocycles. The minimum atomic E-state index is -0.382. The number of hydrogen-bond acceptors (Lipinski definition) is 8. The van der Waals surface area contributed by atoms with Crippen LogP contribution in [0.1, 0.15) is 37.7 Å². The second-order valence-electron chi connectivity index (χ2n) is 10.3. The van der Waals surface area contributed by atoms with Gasteiger partial charge in [-0.05, 0) is 80.9 Å². The summed E-state index contributed by atoms with van der Waals surface area (Å²) in [6.07, 6.45) is 8.52. The Kier molecular flexibility index (Phi) is 9.57. The molecule has 1 N–H and O–H groups in total. The van der Waals surface area contributed by atoms with Gasteiger partial charge in [0.05, 0.1) is 24.7 Å². The summed E-state index contributed by atoms with van der Waals surface area (Å²) in [7, 11) is 1.57. The Morgan fingerprint density at radius 2 is 1.68 bits per heavy atom. The van der Waals surface area contributed by atoms with Gasteiger partial charge in [-0.25, -0.2) is 19.7 Å². The number of piperidine rings is 2. The first-order valence-corrected chi connectivity index (χ1v) is 14.5. The second kappa shape index (κ2) is 13.5. The number of nitrogens with one attached hydrogen (secondary N) is 1. The smallest absolute Gasteiger partial charge is 0.406 e. The number of ether oxygens (including phenoxy) is 2. The van der Waals surface area contributed by atoms with E-state index in [9.17, 15) is 4.79 Å². The number of carbonyl (C=O) groups excluding carboxylic acids is 1. The molecule has 4 heterocycles. The highest BCUT2D eigenvalue weighted by Gasteiger charge is 2.21. The molecule has 0 aliphatic carbocycles. The molecule has 40 heavy (non-hydrogen) atoms. The van der Waals surface area contributed by atoms with Gasteiger partial charge in [0, 0.05) is 48.4 Å². The van der Waals surface area contributed by atoms with Gasteiger partial charge in [-0.1, -0.05) is 23.2 Å². The standard InChI is InChI=1S/C29H34Cl2N6O3/c1-32-29(38)39-19-20-5-9-36(10-6-20)18-21-11-26(22-13-23(30)15-24(31)14-22)35-27(12-21)40-25-16-33-28(34-17-25)37-7-3-2-4-8-37/h11-17,20H,2-10,18-19H2,1H3,(H,32,38). The zero-order valence-corrected chi connectivity index (χ0v) is 24.1. The van der Waals surface area contributed by atoms with Crippen LogP contribution in [-0.2, 0) is 11.3 Å². The number of nitrogens with zero attached hydrogens (tertiary/aromatic N) is 5. The number of hydrogen-bond donors (Lipinski definition) is 1. The summed E-state index contributed by atoms with van der Waals surface area (Å²) in [4.78, 5) is 29.9. The molecule has 3 aromatic rings. The predicted octanol–water partition coefficient (Wildman–Crippen LogP) is 6.20. The number of pyridine rings is 1. The van der Waals surface area contributed by atoms with Crippen molar-refractivity contribution in [2.24, 2.45) is 5.92 Å². The number of amides is 1. The normalized spacial score (nSPS) is 16.5. The molecule has 1 amide bonds. The van der Waals surface area contributed by atoms with E-state index in [0.29, 0.717) is 34.2 Å². The zero-order valence-electron chi connectivity index (χ0n) is 22.6. The maximum Gasteiger partial charge on any atom is 0.406 e. The van der Waals surface area contributed by atoms with Gasteiger partial charge in [-0.15, -0.1) is 0 Å². The third kappa shape index (κ3) is 7.74. The van der Waals surface area contributed by atoms with Gasteiger partial charge in [0.15, 0.2) is 5.75 Å². The van der Waals surface area contributed by atoms with Gasteiger partial charge in [-0.3, -0.25) is 4.90 Å². The highest BCUT2D eigenvalue weighted by molar-refractivity contribution is 6.35. The molecular weight excluding hydrogens is 551 g/mol. The predicted molar refractivity (Wildman–Crippen MR) is 156 cm³/mol. The molecule has 0 unspecified atom stereocenters. The van der Waals surface area contributed by atoms with Gasteiger partial charge in [0.2, 0.25) is 11.8 Å². The highest BCUT2D eigenvalue weighted by atomic mass is 35.5. The van der Waals surface area contributed by atoms with E-state index in [1.165, 1.54) is 6.42 Å². The Bertz CT molecular complexity index is 1280. The summed E-state index contributed by atoms with van der Waals surface area (Å²) in [5.41, 5.74) is 2.59. The van der Waals surface area contributed by atoms with Crippen LogP contribution in [0.5, 0.6) is 11.6 Å². The number of benzene rings is 1. The third-order valence-electron chi connectivity index (χ3n) is 7.26. The molecule has 9 nitrogen and oxygen atoms in total. The Morgan fingerprint density at radius 1 is 0.975 bits per heavy atom. The lowest BCUT2D eigenvalue weighted by Crippen LogP contribution is -2.35. The van der Waals surface area contributed by atoms with Gasteiger partial charge in [-0.2, -0.15) is 0 Å². The van der Waals surface area contributed by atoms with Gasteiger partial charge in [0.25, 0.3) is 0 Å². The van der Waals surface area contributed by atoms with Crippen molar-refractivity contribution in [1.29, 1.82) is 0 Å². The summed E-state index contributed by atoms with van der Waals surface area (Å²) < 4.78 is 11.4. The van der Waals surface area contributed by atoms with E-state index in [2.05, 4.69) is 25.1 Å². The van der Waals surface area contributed by atoms with E-state index in [0.717, 1.165) is 81.2 Å². The molecule has 1 aromatic carbocycles. The molecule has 2 fully saturated rings. The minimum Gasteiger partial charge on any atom is -0.449 e. The lowest BCUT2D eigenvalue weighted by molar-refractivity contribution is 0.0955. The van der Waals surface area contributed by atoms with E-state index in [4.69, 9.17) is 37.7 Å². The second-order valence-corrected chi connectivity index (χ2v) is 11.2. The molecule has 0 atom stereocenters. The van der Waals surface area contributed by atoms with Crippen LogP contribution in [0, 0.1) is 5.92 Å². The minimum absolute atomic E-state index is 0.363. The Hall–Kier alpha value is -3.14. The van der Waals surface area contributed by atoms with Crippen LogP contribution in [-0.4, -0.2) is 65.8 Å². The number of halogens is 2. The van der Waals surface area contributed by atoms with Crippen molar-refractivity contribution in [2.45, 2.75) is 38.6 Å². The molecule has 0 spiro atoms. The van der Waals surface area contributed by atoms with Crippen LogP contribution in [0.3, 0.4) is 0 Å². The number of likely N-dealkylation sites (tertiary alicyclic amines) is 1. The first-order chi connectivity index (χ1) is 19.4. The molecule has 0 radical (unpaired) electrons. The molecule has 2 aliphatic heterocycles. The fourth-order valence-corrected chi connectivity index (χ4v) is 5.65. The van der Waals surface area contributed by atoms with Crippen molar-refractivity contribution >= 4 is 35.2 Å². The van der Waals surface area contributed by atoms with Crippen molar-refractivity contribution < 1.29 is 14.3 Å². The lowest BCUT2D eigenvalue weighted by Gasteiger charge is -2.31. The maximum atomic E-state index is 11.4. The monoisotopic (exact) mass is 584 g/mol. The fraction of sp³-hybridized carbons (Fsp3) is 0.448. The zero-order chi connectivity index (χ0) is 27.9. The van der Waals surface area contributed by atoms with Gasteiger partial charge in [0.1, 0.15) is 0 Å². The number of alkyl carbamates (subject to hydrolysis) is 1. The molecule has 0 saturated carbocycles. The number of aromatic nitrogens is 3. The van der Waals surface area contributed by atoms with Crippen LogP contribution >= 0.6 is 23.2 Å². The van der Waals surface area contributed by atoms with E-state index in [1.807, 2.05) is 24.3 Å². The van der Waals surface area contributed by atoms with Crippen molar-refractivity contribution in [3.05, 3.63) is 58.3 Å².